The third kappa shape index (κ3) is 4.14. The normalized spacial score (nSPS) is 15.6. The van der Waals surface area contributed by atoms with Gasteiger partial charge in [-0.15, -0.1) is 0 Å². The van der Waals surface area contributed by atoms with Crippen molar-refractivity contribution >= 4 is 16.0 Å². The number of esters is 1. The first kappa shape index (κ1) is 18.6. The van der Waals surface area contributed by atoms with E-state index in [0.717, 1.165) is 24.8 Å². The number of rotatable bonds is 5. The Bertz CT molecular complexity index is 872. The van der Waals surface area contributed by atoms with E-state index in [1.165, 1.54) is 10.4 Å². The molecule has 2 aromatic rings. The number of benzene rings is 2. The van der Waals surface area contributed by atoms with Gasteiger partial charge >= 0.3 is 5.97 Å². The maximum atomic E-state index is 12.8. The van der Waals surface area contributed by atoms with Gasteiger partial charge in [0.1, 0.15) is 6.61 Å². The van der Waals surface area contributed by atoms with E-state index in [9.17, 15) is 13.2 Å². The van der Waals surface area contributed by atoms with Crippen LogP contribution in [-0.4, -0.2) is 31.8 Å². The monoisotopic (exact) mass is 373 g/mol. The number of hydrogen-bond acceptors (Lipinski definition) is 4. The van der Waals surface area contributed by atoms with E-state index in [1.807, 2.05) is 30.3 Å². The van der Waals surface area contributed by atoms with Crippen molar-refractivity contribution in [2.45, 2.75) is 37.7 Å². The van der Waals surface area contributed by atoms with Gasteiger partial charge < -0.3 is 4.74 Å². The van der Waals surface area contributed by atoms with Crippen LogP contribution in [0.25, 0.3) is 0 Å². The van der Waals surface area contributed by atoms with Crippen LogP contribution in [0.15, 0.2) is 53.4 Å². The summed E-state index contributed by atoms with van der Waals surface area (Å²) in [5.74, 6) is -0.512. The highest BCUT2D eigenvalue weighted by Crippen LogP contribution is 2.23. The van der Waals surface area contributed by atoms with Gasteiger partial charge in [-0.1, -0.05) is 42.8 Å². The maximum Gasteiger partial charge on any atom is 0.338 e. The van der Waals surface area contributed by atoms with Gasteiger partial charge in [0.25, 0.3) is 0 Å². The minimum Gasteiger partial charge on any atom is -0.457 e. The standard InChI is InChI=1S/C20H23NO4S/c1-16-10-11-18(26(23,24)21-12-6-3-7-13-21)14-19(16)20(22)25-15-17-8-4-2-5-9-17/h2,4-5,8-11,14H,3,6-7,12-13,15H2,1H3. The zero-order chi connectivity index (χ0) is 18.6. The number of sulfonamides is 1. The Morgan fingerprint density at radius 3 is 2.42 bits per heavy atom. The molecular weight excluding hydrogens is 350 g/mol. The second-order valence-corrected chi connectivity index (χ2v) is 8.44. The molecule has 1 saturated heterocycles. The Balaban J connectivity index is 1.79. The molecule has 0 atom stereocenters. The SMILES string of the molecule is Cc1ccc(S(=O)(=O)N2CCCCC2)cc1C(=O)OCc1ccccc1. The van der Waals surface area contributed by atoms with Crippen LogP contribution in [-0.2, 0) is 21.4 Å². The molecule has 0 unspecified atom stereocenters. The number of piperidine rings is 1. The van der Waals surface area contributed by atoms with Gasteiger partial charge in [-0.3, -0.25) is 0 Å². The van der Waals surface area contributed by atoms with Crippen molar-refractivity contribution in [1.82, 2.24) is 4.31 Å². The Labute approximate surface area is 154 Å². The van der Waals surface area contributed by atoms with E-state index >= 15 is 0 Å². The molecule has 1 aliphatic heterocycles. The predicted molar refractivity (Wildman–Crippen MR) is 99.4 cm³/mol. The van der Waals surface area contributed by atoms with Crippen LogP contribution in [0, 0.1) is 6.92 Å². The van der Waals surface area contributed by atoms with Gasteiger partial charge in [-0.25, -0.2) is 13.2 Å². The number of hydrogen-bond donors (Lipinski definition) is 0. The number of aryl methyl sites for hydroxylation is 1. The lowest BCUT2D eigenvalue weighted by molar-refractivity contribution is 0.0471. The Hall–Kier alpha value is -2.18. The van der Waals surface area contributed by atoms with E-state index in [1.54, 1.807) is 19.1 Å². The van der Waals surface area contributed by atoms with Gasteiger partial charge in [-0.05, 0) is 43.0 Å². The van der Waals surface area contributed by atoms with Crippen molar-refractivity contribution in [2.75, 3.05) is 13.1 Å². The lowest BCUT2D eigenvalue weighted by atomic mass is 10.1. The average Bonchev–Trinajstić information content (AvgIpc) is 2.68. The first-order valence-corrected chi connectivity index (χ1v) is 10.2. The second kappa shape index (κ2) is 8.01. The van der Waals surface area contributed by atoms with Crippen molar-refractivity contribution in [3.63, 3.8) is 0 Å². The fourth-order valence-electron chi connectivity index (χ4n) is 3.04. The van der Waals surface area contributed by atoms with Crippen molar-refractivity contribution in [2.24, 2.45) is 0 Å². The molecule has 0 aromatic heterocycles. The molecule has 5 nitrogen and oxygen atoms in total. The van der Waals surface area contributed by atoms with Crippen LogP contribution in [0.4, 0.5) is 0 Å². The molecule has 138 valence electrons. The van der Waals surface area contributed by atoms with Gasteiger partial charge in [0.2, 0.25) is 10.0 Å². The van der Waals surface area contributed by atoms with E-state index in [-0.39, 0.29) is 11.5 Å². The molecule has 0 bridgehead atoms. The van der Waals surface area contributed by atoms with E-state index in [2.05, 4.69) is 0 Å². The molecule has 0 spiro atoms. The number of carbonyl (C=O) groups excluding carboxylic acids is 1. The molecule has 0 N–H and O–H groups in total. The summed E-state index contributed by atoms with van der Waals surface area (Å²) in [4.78, 5) is 12.6. The molecule has 1 heterocycles. The molecule has 2 aromatic carbocycles. The summed E-state index contributed by atoms with van der Waals surface area (Å²) in [5.41, 5.74) is 1.87. The summed E-state index contributed by atoms with van der Waals surface area (Å²) < 4.78 is 32.5. The molecule has 3 rings (SSSR count). The highest BCUT2D eigenvalue weighted by atomic mass is 32.2. The highest BCUT2D eigenvalue weighted by molar-refractivity contribution is 7.89. The minimum absolute atomic E-state index is 0.150. The Morgan fingerprint density at radius 2 is 1.73 bits per heavy atom. The quantitative estimate of drug-likeness (QED) is 0.752. The fraction of sp³-hybridized carbons (Fsp3) is 0.350. The average molecular weight is 373 g/mol. The summed E-state index contributed by atoms with van der Waals surface area (Å²) in [5, 5.41) is 0. The van der Waals surface area contributed by atoms with Crippen LogP contribution >= 0.6 is 0 Å². The summed E-state index contributed by atoms with van der Waals surface area (Å²) in [6.07, 6.45) is 2.80. The molecule has 1 fully saturated rings. The van der Waals surface area contributed by atoms with Gasteiger partial charge in [-0.2, -0.15) is 4.31 Å². The molecule has 1 aliphatic rings. The predicted octanol–water partition coefficient (Wildman–Crippen LogP) is 3.53. The molecule has 0 aliphatic carbocycles. The summed E-state index contributed by atoms with van der Waals surface area (Å²) in [6.45, 7) is 2.99. The number of ether oxygens (including phenoxy) is 1. The van der Waals surface area contributed by atoms with E-state index < -0.39 is 16.0 Å². The first-order chi connectivity index (χ1) is 12.5. The smallest absolute Gasteiger partial charge is 0.338 e. The van der Waals surface area contributed by atoms with Crippen LogP contribution in [0.3, 0.4) is 0 Å². The van der Waals surface area contributed by atoms with Crippen molar-refractivity contribution in [3.05, 3.63) is 65.2 Å². The topological polar surface area (TPSA) is 63.7 Å². The molecular formula is C20H23NO4S. The van der Waals surface area contributed by atoms with Crippen LogP contribution in [0.1, 0.15) is 40.7 Å². The summed E-state index contributed by atoms with van der Waals surface area (Å²) in [6, 6.07) is 14.1. The molecule has 0 amide bonds. The fourth-order valence-corrected chi connectivity index (χ4v) is 4.58. The van der Waals surface area contributed by atoms with E-state index in [4.69, 9.17) is 4.74 Å². The number of carbonyl (C=O) groups is 1. The maximum absolute atomic E-state index is 12.8. The van der Waals surface area contributed by atoms with Crippen molar-refractivity contribution in [1.29, 1.82) is 0 Å². The second-order valence-electron chi connectivity index (χ2n) is 6.50. The van der Waals surface area contributed by atoms with Crippen molar-refractivity contribution in [3.8, 4) is 0 Å². The van der Waals surface area contributed by atoms with Crippen LogP contribution < -0.4 is 0 Å². The van der Waals surface area contributed by atoms with Gasteiger partial charge in [0.15, 0.2) is 0 Å². The Kier molecular flexibility index (Phi) is 5.74. The third-order valence-corrected chi connectivity index (χ3v) is 6.49. The molecule has 0 saturated carbocycles. The summed E-state index contributed by atoms with van der Waals surface area (Å²) >= 11 is 0. The Morgan fingerprint density at radius 1 is 1.04 bits per heavy atom. The highest BCUT2D eigenvalue weighted by Gasteiger charge is 2.27. The summed E-state index contributed by atoms with van der Waals surface area (Å²) in [7, 11) is -3.58. The van der Waals surface area contributed by atoms with Gasteiger partial charge in [0, 0.05) is 13.1 Å². The zero-order valence-electron chi connectivity index (χ0n) is 14.8. The third-order valence-electron chi connectivity index (χ3n) is 4.59. The largest absolute Gasteiger partial charge is 0.457 e. The zero-order valence-corrected chi connectivity index (χ0v) is 15.7. The minimum atomic E-state index is -3.58. The number of nitrogens with zero attached hydrogens (tertiary/aromatic N) is 1. The van der Waals surface area contributed by atoms with E-state index in [0.29, 0.717) is 24.2 Å². The van der Waals surface area contributed by atoms with Crippen LogP contribution in [0.5, 0.6) is 0 Å². The van der Waals surface area contributed by atoms with Gasteiger partial charge in [0.05, 0.1) is 10.5 Å². The lowest BCUT2D eigenvalue weighted by Crippen LogP contribution is -2.35. The lowest BCUT2D eigenvalue weighted by Gasteiger charge is -2.26. The molecule has 26 heavy (non-hydrogen) atoms. The molecule has 6 heteroatoms. The molecule has 0 radical (unpaired) electrons. The van der Waals surface area contributed by atoms with Crippen molar-refractivity contribution < 1.29 is 17.9 Å². The first-order valence-electron chi connectivity index (χ1n) is 8.80. The van der Waals surface area contributed by atoms with Crippen LogP contribution in [0.2, 0.25) is 0 Å².